The van der Waals surface area contributed by atoms with Gasteiger partial charge in [-0.15, -0.1) is 0 Å². The van der Waals surface area contributed by atoms with E-state index in [9.17, 15) is 34.8 Å². The van der Waals surface area contributed by atoms with E-state index >= 15 is 0 Å². The molecule has 2 amide bonds. The van der Waals surface area contributed by atoms with Gasteiger partial charge in [-0.3, -0.25) is 48.9 Å². The first-order chi connectivity index (χ1) is 33.4. The number of amides is 2. The molecule has 386 valence electrons. The highest BCUT2D eigenvalue weighted by Gasteiger charge is 2.55. The van der Waals surface area contributed by atoms with Gasteiger partial charge in [-0.2, -0.15) is 20.5 Å². The molecule has 4 aromatic rings. The third kappa shape index (κ3) is 11.9. The highest BCUT2D eigenvalue weighted by Crippen LogP contribution is 2.53. The van der Waals surface area contributed by atoms with E-state index in [1.807, 2.05) is 19.2 Å². The summed E-state index contributed by atoms with van der Waals surface area (Å²) >= 11 is 12.4. The molecule has 0 bridgehead atoms. The largest absolute Gasteiger partial charge is 0.408 e. The maximum Gasteiger partial charge on any atom is 0.280 e. The maximum atomic E-state index is 13.4. The van der Waals surface area contributed by atoms with Crippen LogP contribution in [-0.4, -0.2) is 127 Å². The first-order valence-electron chi connectivity index (χ1n) is 22.7. The standard InChI is InChI=1S/C40H58N14O12P2S2Si/c1-20(2)32(56)47-38-45-30-26(34(58)49-38)43-18-53(30)36-28(55)24-22(64-36)16-62-68(70,61-15-11-13-42)52-25-23(17-63-67(69,51-24)60-14-10-12-41)65-37(29(25)66-71(8,9)40(5,6)7)54-19-44-27-31(54)46-39(50-35(27)59)48-33(57)21(3)4/h18-25,28-29,36-37,55H,10-11,14-17H2,1-9H3,(H,51,69)(H,52,70)(H2,45,47,49,56,58)(H2,46,48,50,57,59)/t22-,23-,24-,25-,28-,29?,36-,37-,67?,68?/m1/s1. The number of ether oxygens (including phenoxy) is 2. The topological polar surface area (TPSA) is 342 Å². The zero-order valence-electron chi connectivity index (χ0n) is 40.4. The van der Waals surface area contributed by atoms with Crippen molar-refractivity contribution >= 4 is 91.3 Å². The number of anilines is 2. The molecule has 0 radical (unpaired) electrons. The molecule has 7 rings (SSSR count). The van der Waals surface area contributed by atoms with E-state index in [0.717, 1.165) is 0 Å². The average molecular weight is 1080 g/mol. The van der Waals surface area contributed by atoms with E-state index in [-0.39, 0.29) is 84.4 Å². The van der Waals surface area contributed by atoms with Gasteiger partial charge in [-0.05, 0) is 41.7 Å². The van der Waals surface area contributed by atoms with Gasteiger partial charge >= 0.3 is 0 Å². The van der Waals surface area contributed by atoms with Crippen molar-refractivity contribution in [1.82, 2.24) is 49.2 Å². The highest BCUT2D eigenvalue weighted by atomic mass is 32.5. The van der Waals surface area contributed by atoms with Crippen LogP contribution in [0.3, 0.4) is 0 Å². The van der Waals surface area contributed by atoms with Crippen molar-refractivity contribution in [2.45, 2.75) is 128 Å². The number of fused-ring (bicyclic) bond motifs is 4. The van der Waals surface area contributed by atoms with Crippen molar-refractivity contribution in [3.05, 3.63) is 33.4 Å². The number of carbonyl (C=O) groups excluding carboxylic acids is 2. The predicted octanol–water partition coefficient (Wildman–Crippen LogP) is 3.26. The number of rotatable bonds is 14. The number of aromatic nitrogens is 8. The van der Waals surface area contributed by atoms with Crippen LogP contribution in [0.5, 0.6) is 0 Å². The fourth-order valence-electron chi connectivity index (χ4n) is 7.40. The van der Waals surface area contributed by atoms with Crippen molar-refractivity contribution < 1.29 is 46.7 Å². The number of hydrogen-bond donors (Lipinski definition) is 7. The van der Waals surface area contributed by atoms with Gasteiger partial charge in [0.15, 0.2) is 43.1 Å². The van der Waals surface area contributed by atoms with Crippen LogP contribution in [0.2, 0.25) is 18.1 Å². The zero-order valence-corrected chi connectivity index (χ0v) is 44.8. The predicted molar refractivity (Wildman–Crippen MR) is 266 cm³/mol. The summed E-state index contributed by atoms with van der Waals surface area (Å²) in [6.45, 7) is 8.36. The van der Waals surface area contributed by atoms with Crippen LogP contribution in [0.4, 0.5) is 11.9 Å². The Hall–Kier alpha value is -4.26. The van der Waals surface area contributed by atoms with Crippen molar-refractivity contribution in [2.75, 3.05) is 37.1 Å². The summed E-state index contributed by atoms with van der Waals surface area (Å²) in [6, 6.07) is 1.96. The summed E-state index contributed by atoms with van der Waals surface area (Å²) in [5, 5.41) is 42.7. The van der Waals surface area contributed by atoms with Gasteiger partial charge in [0.1, 0.15) is 24.4 Å². The van der Waals surface area contributed by atoms with Crippen LogP contribution in [0.25, 0.3) is 22.3 Å². The molecular weight excluding hydrogens is 1020 g/mol. The molecule has 26 nitrogen and oxygen atoms in total. The first kappa shape index (κ1) is 54.5. The summed E-state index contributed by atoms with van der Waals surface area (Å²) in [5.41, 5.74) is -1.42. The number of aliphatic hydroxyl groups excluding tert-OH is 1. The minimum Gasteiger partial charge on any atom is -0.408 e. The fraction of sp³-hybridized carbons (Fsp3) is 0.650. The maximum absolute atomic E-state index is 13.4. The molecule has 3 fully saturated rings. The van der Waals surface area contributed by atoms with Crippen LogP contribution in [-0.2, 0) is 65.2 Å². The van der Waals surface area contributed by atoms with Gasteiger partial charge in [0.25, 0.3) is 24.4 Å². The number of nitriles is 2. The lowest BCUT2D eigenvalue weighted by Gasteiger charge is -2.41. The highest BCUT2D eigenvalue weighted by molar-refractivity contribution is 8.09. The molecule has 3 saturated heterocycles. The van der Waals surface area contributed by atoms with Crippen LogP contribution in [0, 0.1) is 34.5 Å². The molecule has 3 unspecified atom stereocenters. The number of aromatic amines is 2. The molecular formula is C40H58N14O12P2S2Si. The number of imidazole rings is 2. The molecule has 3 aliphatic rings. The quantitative estimate of drug-likeness (QED) is 0.0541. The molecule has 0 spiro atoms. The van der Waals surface area contributed by atoms with E-state index in [0.29, 0.717) is 0 Å². The molecule has 0 saturated carbocycles. The number of carbonyl (C=O) groups is 2. The Morgan fingerprint density at radius 3 is 1.72 bits per heavy atom. The third-order valence-electron chi connectivity index (χ3n) is 12.3. The van der Waals surface area contributed by atoms with Gasteiger partial charge in [-0.25, -0.2) is 20.1 Å². The Morgan fingerprint density at radius 2 is 1.27 bits per heavy atom. The Kier molecular flexibility index (Phi) is 16.6. The number of nitrogens with one attached hydrogen (secondary N) is 6. The van der Waals surface area contributed by atoms with E-state index in [4.69, 9.17) is 55.6 Å². The fourth-order valence-corrected chi connectivity index (χ4v) is 13.4. The minimum atomic E-state index is -3.79. The Labute approximate surface area is 418 Å². The second-order valence-corrected chi connectivity index (χ2v) is 30.3. The molecule has 7 N–H and O–H groups in total. The Bertz CT molecular complexity index is 2950. The first-order valence-corrected chi connectivity index (χ1v) is 30.9. The molecule has 0 aromatic carbocycles. The second-order valence-electron chi connectivity index (χ2n) is 19.1. The van der Waals surface area contributed by atoms with Crippen molar-refractivity contribution in [1.29, 1.82) is 10.5 Å². The lowest BCUT2D eigenvalue weighted by Crippen LogP contribution is -2.53. The summed E-state index contributed by atoms with van der Waals surface area (Å²) in [7, 11) is -2.79. The minimum absolute atomic E-state index is 0.0306. The van der Waals surface area contributed by atoms with Gasteiger partial charge in [0.2, 0.25) is 23.7 Å². The molecule has 3 aliphatic heterocycles. The van der Waals surface area contributed by atoms with Crippen LogP contribution >= 0.6 is 13.3 Å². The SMILES string of the molecule is CC(C)C(=O)Nc1nc2c(ncn2[C@@H]2O[C@@H]3COP(=S)(OCCC#N)N[C@H]4[C@@H](O)[C@H](n5cnc6c(=O)[nH]c(NC(=O)C(C)C)nc65)O[C@@H]4COP(=S)(OCCC#N)N[C@H]3C2O[Si](C)(C)C(C)(C)C)c(=O)[nH]1. The average Bonchev–Trinajstić information content (AvgIpc) is 4.06. The molecule has 10 atom stereocenters. The molecule has 0 aliphatic carbocycles. The monoisotopic (exact) mass is 1080 g/mol. The second kappa shape index (κ2) is 21.7. The van der Waals surface area contributed by atoms with Crippen LogP contribution in [0.15, 0.2) is 22.2 Å². The van der Waals surface area contributed by atoms with Gasteiger partial charge < -0.3 is 37.1 Å². The zero-order chi connectivity index (χ0) is 51.8. The Balaban J connectivity index is 1.32. The summed E-state index contributed by atoms with van der Waals surface area (Å²) in [6.07, 6.45) is -4.60. The smallest absolute Gasteiger partial charge is 0.280 e. The van der Waals surface area contributed by atoms with E-state index in [1.54, 1.807) is 27.7 Å². The summed E-state index contributed by atoms with van der Waals surface area (Å²) < 4.78 is 49.1. The number of aliphatic hydroxyl groups is 1. The Morgan fingerprint density at radius 1 is 0.831 bits per heavy atom. The lowest BCUT2D eigenvalue weighted by atomic mass is 10.1. The van der Waals surface area contributed by atoms with E-state index in [1.165, 1.54) is 21.8 Å². The molecule has 7 heterocycles. The number of H-pyrrole nitrogens is 2. The van der Waals surface area contributed by atoms with E-state index in [2.05, 4.69) is 77.6 Å². The molecule has 71 heavy (non-hydrogen) atoms. The summed E-state index contributed by atoms with van der Waals surface area (Å²) in [4.78, 5) is 74.6. The molecule has 31 heteroatoms. The van der Waals surface area contributed by atoms with Gasteiger partial charge in [0, 0.05) is 11.8 Å². The normalized spacial score (nSPS) is 28.5. The summed E-state index contributed by atoms with van der Waals surface area (Å²) in [5.74, 6) is -1.94. The van der Waals surface area contributed by atoms with Crippen molar-refractivity contribution in [2.24, 2.45) is 11.8 Å². The number of nitrogens with zero attached hydrogens (tertiary/aromatic N) is 8. The number of hydrogen-bond acceptors (Lipinski definition) is 20. The van der Waals surface area contributed by atoms with E-state index < -0.39 is 99.4 Å². The van der Waals surface area contributed by atoms with Crippen LogP contribution < -0.4 is 31.9 Å². The van der Waals surface area contributed by atoms with Crippen LogP contribution in [0.1, 0.15) is 73.8 Å². The van der Waals surface area contributed by atoms with Crippen molar-refractivity contribution in [3.63, 3.8) is 0 Å². The van der Waals surface area contributed by atoms with Gasteiger partial charge in [0.05, 0.1) is 76.1 Å². The third-order valence-corrected chi connectivity index (χ3v) is 21.9. The van der Waals surface area contributed by atoms with Gasteiger partial charge in [-0.1, -0.05) is 48.5 Å². The van der Waals surface area contributed by atoms with Crippen molar-refractivity contribution in [3.8, 4) is 12.1 Å². The lowest BCUT2D eigenvalue weighted by molar-refractivity contribution is -0.119. The molecule has 4 aromatic heterocycles.